The van der Waals surface area contributed by atoms with E-state index in [1.807, 2.05) is 0 Å². The predicted octanol–water partition coefficient (Wildman–Crippen LogP) is 3.37. The van der Waals surface area contributed by atoms with Crippen molar-refractivity contribution in [3.8, 4) is 11.1 Å². The van der Waals surface area contributed by atoms with Gasteiger partial charge < -0.3 is 5.32 Å². The van der Waals surface area contributed by atoms with Gasteiger partial charge in [-0.05, 0) is 24.6 Å². The van der Waals surface area contributed by atoms with Gasteiger partial charge in [-0.25, -0.2) is 0 Å². The second-order valence-corrected chi connectivity index (χ2v) is 4.69. The molecule has 1 aromatic heterocycles. The van der Waals surface area contributed by atoms with E-state index in [0.717, 1.165) is 12.1 Å². The maximum absolute atomic E-state index is 12.6. The summed E-state index contributed by atoms with van der Waals surface area (Å²) in [5.74, 6) is 0.186. The zero-order valence-electron chi connectivity index (χ0n) is 11.7. The van der Waals surface area contributed by atoms with Gasteiger partial charge in [-0.15, -0.1) is 0 Å². The SMILES string of the molecule is CC(=O)Nc1c(-c2ccc(C(F)(F)F)cc2)c(C)nn1C. The summed E-state index contributed by atoms with van der Waals surface area (Å²) in [5, 5.41) is 6.84. The quantitative estimate of drug-likeness (QED) is 0.923. The molecular weight excluding hydrogens is 283 g/mol. The maximum Gasteiger partial charge on any atom is 0.416 e. The molecule has 0 aliphatic carbocycles. The highest BCUT2D eigenvalue weighted by molar-refractivity contribution is 5.93. The van der Waals surface area contributed by atoms with Gasteiger partial charge in [0.1, 0.15) is 5.82 Å². The van der Waals surface area contributed by atoms with Crippen LogP contribution in [0, 0.1) is 6.92 Å². The van der Waals surface area contributed by atoms with Gasteiger partial charge in [0.2, 0.25) is 5.91 Å². The number of hydrogen-bond donors (Lipinski definition) is 1. The monoisotopic (exact) mass is 297 g/mol. The first kappa shape index (κ1) is 15.1. The van der Waals surface area contributed by atoms with Crippen LogP contribution in [-0.4, -0.2) is 15.7 Å². The Hall–Kier alpha value is -2.31. The van der Waals surface area contributed by atoms with E-state index in [1.165, 1.54) is 23.7 Å². The zero-order valence-corrected chi connectivity index (χ0v) is 11.7. The summed E-state index contributed by atoms with van der Waals surface area (Å²) in [6.45, 7) is 3.09. The fourth-order valence-corrected chi connectivity index (χ4v) is 2.14. The summed E-state index contributed by atoms with van der Waals surface area (Å²) in [6.07, 6.45) is -4.37. The third-order valence-corrected chi connectivity index (χ3v) is 3.02. The lowest BCUT2D eigenvalue weighted by Crippen LogP contribution is -2.10. The van der Waals surface area contributed by atoms with Gasteiger partial charge in [0.05, 0.1) is 11.3 Å². The molecule has 0 fully saturated rings. The standard InChI is InChI=1S/C14H14F3N3O/c1-8-12(13(18-9(2)21)20(3)19-8)10-4-6-11(7-5-10)14(15,16)17/h4-7H,1-3H3,(H,18,21). The van der Waals surface area contributed by atoms with E-state index >= 15 is 0 Å². The minimum absolute atomic E-state index is 0.272. The van der Waals surface area contributed by atoms with Gasteiger partial charge in [0.15, 0.2) is 0 Å². The van der Waals surface area contributed by atoms with Crippen molar-refractivity contribution in [1.29, 1.82) is 0 Å². The molecule has 2 rings (SSSR count). The molecule has 0 aliphatic rings. The molecule has 7 heteroatoms. The topological polar surface area (TPSA) is 46.9 Å². The van der Waals surface area contributed by atoms with Crippen molar-refractivity contribution in [3.05, 3.63) is 35.5 Å². The molecule has 4 nitrogen and oxygen atoms in total. The third-order valence-electron chi connectivity index (χ3n) is 3.02. The third kappa shape index (κ3) is 3.07. The van der Waals surface area contributed by atoms with Crippen molar-refractivity contribution >= 4 is 11.7 Å². The van der Waals surface area contributed by atoms with E-state index in [0.29, 0.717) is 22.6 Å². The number of rotatable bonds is 2. The number of anilines is 1. The summed E-state index contributed by atoms with van der Waals surface area (Å²) < 4.78 is 39.2. The van der Waals surface area contributed by atoms with Crippen LogP contribution in [0.5, 0.6) is 0 Å². The highest BCUT2D eigenvalue weighted by Crippen LogP contribution is 2.34. The Bertz CT molecular complexity index is 672. The smallest absolute Gasteiger partial charge is 0.311 e. The minimum atomic E-state index is -4.37. The van der Waals surface area contributed by atoms with Crippen molar-refractivity contribution in [2.45, 2.75) is 20.0 Å². The molecule has 1 aromatic carbocycles. The summed E-state index contributed by atoms with van der Waals surface area (Å²) >= 11 is 0. The number of carbonyl (C=O) groups excluding carboxylic acids is 1. The molecule has 1 amide bonds. The highest BCUT2D eigenvalue weighted by atomic mass is 19.4. The van der Waals surface area contributed by atoms with E-state index in [2.05, 4.69) is 10.4 Å². The van der Waals surface area contributed by atoms with Gasteiger partial charge in [-0.1, -0.05) is 12.1 Å². The minimum Gasteiger partial charge on any atom is -0.311 e. The van der Waals surface area contributed by atoms with Crippen molar-refractivity contribution in [2.75, 3.05) is 5.32 Å². The van der Waals surface area contributed by atoms with Crippen molar-refractivity contribution in [2.24, 2.45) is 7.05 Å². The number of carbonyl (C=O) groups is 1. The molecule has 0 bridgehead atoms. The lowest BCUT2D eigenvalue weighted by atomic mass is 10.0. The molecular formula is C14H14F3N3O. The van der Waals surface area contributed by atoms with Gasteiger partial charge >= 0.3 is 6.18 Å². The molecule has 0 spiro atoms. The summed E-state index contributed by atoms with van der Waals surface area (Å²) in [4.78, 5) is 11.2. The van der Waals surface area contributed by atoms with E-state index in [4.69, 9.17) is 0 Å². The molecule has 0 aliphatic heterocycles. The Morgan fingerprint density at radius 2 is 1.81 bits per heavy atom. The van der Waals surface area contributed by atoms with Crippen LogP contribution in [-0.2, 0) is 18.0 Å². The van der Waals surface area contributed by atoms with Crippen LogP contribution in [0.4, 0.5) is 19.0 Å². The van der Waals surface area contributed by atoms with Gasteiger partial charge in [-0.3, -0.25) is 9.48 Å². The van der Waals surface area contributed by atoms with Crippen molar-refractivity contribution in [1.82, 2.24) is 9.78 Å². The Morgan fingerprint density at radius 1 is 1.24 bits per heavy atom. The first-order valence-corrected chi connectivity index (χ1v) is 6.19. The molecule has 1 N–H and O–H groups in total. The van der Waals surface area contributed by atoms with Crippen LogP contribution in [0.3, 0.4) is 0 Å². The summed E-state index contributed by atoms with van der Waals surface area (Å²) in [6, 6.07) is 4.77. The van der Waals surface area contributed by atoms with Gasteiger partial charge in [-0.2, -0.15) is 18.3 Å². The number of hydrogen-bond acceptors (Lipinski definition) is 2. The molecule has 112 valence electrons. The Morgan fingerprint density at radius 3 is 2.29 bits per heavy atom. The fraction of sp³-hybridized carbons (Fsp3) is 0.286. The van der Waals surface area contributed by atoms with Crippen LogP contribution >= 0.6 is 0 Å². The van der Waals surface area contributed by atoms with E-state index in [9.17, 15) is 18.0 Å². The number of aryl methyl sites for hydroxylation is 2. The van der Waals surface area contributed by atoms with E-state index in [1.54, 1.807) is 14.0 Å². The molecule has 0 unspecified atom stereocenters. The van der Waals surface area contributed by atoms with Crippen molar-refractivity contribution < 1.29 is 18.0 Å². The number of amides is 1. The molecule has 0 radical (unpaired) electrons. The van der Waals surface area contributed by atoms with Crippen molar-refractivity contribution in [3.63, 3.8) is 0 Å². The Kier molecular flexibility index (Phi) is 3.76. The second-order valence-electron chi connectivity index (χ2n) is 4.69. The van der Waals surface area contributed by atoms with Crippen LogP contribution in [0.1, 0.15) is 18.2 Å². The van der Waals surface area contributed by atoms with E-state index in [-0.39, 0.29) is 5.91 Å². The fourth-order valence-electron chi connectivity index (χ4n) is 2.14. The predicted molar refractivity (Wildman–Crippen MR) is 72.7 cm³/mol. The van der Waals surface area contributed by atoms with Crippen LogP contribution in [0.2, 0.25) is 0 Å². The maximum atomic E-state index is 12.6. The van der Waals surface area contributed by atoms with Gasteiger partial charge in [0.25, 0.3) is 0 Å². The zero-order chi connectivity index (χ0) is 15.8. The number of aromatic nitrogens is 2. The Balaban J connectivity index is 2.49. The average Bonchev–Trinajstić information content (AvgIpc) is 2.63. The largest absolute Gasteiger partial charge is 0.416 e. The molecule has 21 heavy (non-hydrogen) atoms. The molecule has 0 saturated heterocycles. The molecule has 1 heterocycles. The average molecular weight is 297 g/mol. The number of benzene rings is 1. The second kappa shape index (κ2) is 5.23. The van der Waals surface area contributed by atoms with Crippen LogP contribution in [0.15, 0.2) is 24.3 Å². The number of halogens is 3. The van der Waals surface area contributed by atoms with Gasteiger partial charge in [0, 0.05) is 19.5 Å². The first-order chi connectivity index (χ1) is 9.70. The molecule has 2 aromatic rings. The Labute approximate surface area is 119 Å². The molecule has 0 atom stereocenters. The lowest BCUT2D eigenvalue weighted by molar-refractivity contribution is -0.137. The normalized spacial score (nSPS) is 11.5. The van der Waals surface area contributed by atoms with Crippen LogP contribution in [0.25, 0.3) is 11.1 Å². The van der Waals surface area contributed by atoms with Crippen LogP contribution < -0.4 is 5.32 Å². The number of alkyl halides is 3. The van der Waals surface area contributed by atoms with E-state index < -0.39 is 11.7 Å². The lowest BCUT2D eigenvalue weighted by Gasteiger charge is -2.09. The first-order valence-electron chi connectivity index (χ1n) is 6.19. The highest BCUT2D eigenvalue weighted by Gasteiger charge is 2.30. The summed E-state index contributed by atoms with van der Waals surface area (Å²) in [7, 11) is 1.66. The number of nitrogens with zero attached hydrogens (tertiary/aromatic N) is 2. The number of nitrogens with one attached hydrogen (secondary N) is 1. The molecule has 0 saturated carbocycles. The summed E-state index contributed by atoms with van der Waals surface area (Å²) in [5.41, 5.74) is 1.09.